The van der Waals surface area contributed by atoms with Crippen LogP contribution in [0.25, 0.3) is 21.8 Å². The van der Waals surface area contributed by atoms with Crippen LogP contribution in [0.3, 0.4) is 0 Å². The Bertz CT molecular complexity index is 1430. The molecular formula is C29H27ClN2O2. The van der Waals surface area contributed by atoms with E-state index in [1.54, 1.807) is 0 Å². The van der Waals surface area contributed by atoms with Crippen LogP contribution in [0.2, 0.25) is 5.02 Å². The largest absolute Gasteiger partial charge is 0.494 e. The second kappa shape index (κ2) is 9.78. The number of para-hydroxylation sites is 2. The number of nitrogens with zero attached hydrogens (tertiary/aromatic N) is 2. The second-order valence-corrected chi connectivity index (χ2v) is 8.92. The third-order valence-corrected chi connectivity index (χ3v) is 6.62. The smallest absolute Gasteiger partial charge is 0.147 e. The van der Waals surface area contributed by atoms with Crippen molar-refractivity contribution in [3.8, 4) is 11.5 Å². The highest BCUT2D eigenvalue weighted by Gasteiger charge is 2.12. The fraction of sp³-hybridized carbons (Fsp3) is 0.207. The molecule has 0 saturated carbocycles. The molecule has 0 aliphatic carbocycles. The summed E-state index contributed by atoms with van der Waals surface area (Å²) < 4.78 is 14.4. The molecule has 0 aliphatic heterocycles. The van der Waals surface area contributed by atoms with Crippen molar-refractivity contribution >= 4 is 33.4 Å². The molecule has 5 aromatic rings. The molecule has 34 heavy (non-hydrogen) atoms. The molecule has 0 amide bonds. The van der Waals surface area contributed by atoms with E-state index in [9.17, 15) is 0 Å². The second-order valence-electron chi connectivity index (χ2n) is 8.54. The van der Waals surface area contributed by atoms with Crippen LogP contribution in [0.1, 0.15) is 23.4 Å². The molecule has 0 saturated heterocycles. The minimum absolute atomic E-state index is 0.406. The Hall–Kier alpha value is -3.50. The van der Waals surface area contributed by atoms with Crippen LogP contribution in [0, 0.1) is 13.8 Å². The van der Waals surface area contributed by atoms with Gasteiger partial charge in [0.25, 0.3) is 0 Å². The lowest BCUT2D eigenvalue weighted by Crippen LogP contribution is -2.10. The topological polar surface area (TPSA) is 36.3 Å². The average molecular weight is 471 g/mol. The molecule has 5 heteroatoms. The van der Waals surface area contributed by atoms with E-state index < -0.39 is 0 Å². The summed E-state index contributed by atoms with van der Waals surface area (Å²) in [5.74, 6) is 2.61. The summed E-state index contributed by atoms with van der Waals surface area (Å²) in [4.78, 5) is 4.84. The van der Waals surface area contributed by atoms with E-state index >= 15 is 0 Å². The van der Waals surface area contributed by atoms with Crippen molar-refractivity contribution in [3.63, 3.8) is 0 Å². The van der Waals surface area contributed by atoms with E-state index in [0.29, 0.717) is 13.2 Å². The van der Waals surface area contributed by atoms with Crippen LogP contribution in [0.5, 0.6) is 11.5 Å². The molecule has 5 rings (SSSR count). The SMILES string of the molecule is Cc1cc(OCCCn2c(COc3ccc4ccccc4c3)nc3ccccc32)cc(C)c1Cl. The number of hydrogen-bond acceptors (Lipinski definition) is 3. The Balaban J connectivity index is 1.28. The number of fused-ring (bicyclic) bond motifs is 2. The van der Waals surface area contributed by atoms with Gasteiger partial charge in [0, 0.05) is 11.6 Å². The lowest BCUT2D eigenvalue weighted by molar-refractivity contribution is 0.280. The zero-order valence-corrected chi connectivity index (χ0v) is 20.2. The highest BCUT2D eigenvalue weighted by atomic mass is 35.5. The minimum atomic E-state index is 0.406. The Morgan fingerprint density at radius 1 is 0.794 bits per heavy atom. The van der Waals surface area contributed by atoms with Crippen molar-refractivity contribution in [1.82, 2.24) is 9.55 Å². The highest BCUT2D eigenvalue weighted by Crippen LogP contribution is 2.26. The number of imidazole rings is 1. The van der Waals surface area contributed by atoms with Crippen LogP contribution < -0.4 is 9.47 Å². The lowest BCUT2D eigenvalue weighted by atomic mass is 10.1. The van der Waals surface area contributed by atoms with Gasteiger partial charge in [0.15, 0.2) is 0 Å². The summed E-state index contributed by atoms with van der Waals surface area (Å²) in [5.41, 5.74) is 4.15. The van der Waals surface area contributed by atoms with Gasteiger partial charge in [0.1, 0.15) is 23.9 Å². The minimum Gasteiger partial charge on any atom is -0.494 e. The van der Waals surface area contributed by atoms with Gasteiger partial charge in [0.2, 0.25) is 0 Å². The van der Waals surface area contributed by atoms with Crippen LogP contribution in [-0.4, -0.2) is 16.2 Å². The molecule has 4 aromatic carbocycles. The van der Waals surface area contributed by atoms with Crippen molar-refractivity contribution in [1.29, 1.82) is 0 Å². The molecule has 0 radical (unpaired) electrons. The fourth-order valence-corrected chi connectivity index (χ4v) is 4.40. The summed E-state index contributed by atoms with van der Waals surface area (Å²) in [5, 5.41) is 3.17. The van der Waals surface area contributed by atoms with Gasteiger partial charge in [-0.05, 0) is 78.6 Å². The molecule has 4 nitrogen and oxygen atoms in total. The summed E-state index contributed by atoms with van der Waals surface area (Å²) >= 11 is 6.28. The maximum Gasteiger partial charge on any atom is 0.147 e. The Morgan fingerprint density at radius 2 is 1.53 bits per heavy atom. The Kier molecular flexibility index (Phi) is 6.41. The molecule has 1 heterocycles. The van der Waals surface area contributed by atoms with Crippen molar-refractivity contribution in [2.24, 2.45) is 0 Å². The highest BCUT2D eigenvalue weighted by molar-refractivity contribution is 6.32. The van der Waals surface area contributed by atoms with E-state index in [1.165, 1.54) is 10.8 Å². The standard InChI is InChI=1S/C29H27ClN2O2/c1-20-16-25(17-21(2)29(20)30)33-15-7-14-32-27-11-6-5-10-26(27)31-28(32)19-34-24-13-12-22-8-3-4-9-23(22)18-24/h3-6,8-13,16-18H,7,14-15,19H2,1-2H3. The van der Waals surface area contributed by atoms with Gasteiger partial charge >= 0.3 is 0 Å². The molecule has 0 atom stereocenters. The molecule has 0 spiro atoms. The number of halogens is 1. The first-order valence-corrected chi connectivity index (χ1v) is 11.9. The van der Waals surface area contributed by atoms with Crippen LogP contribution in [0.15, 0.2) is 78.9 Å². The molecule has 0 N–H and O–H groups in total. The summed E-state index contributed by atoms with van der Waals surface area (Å²) in [6.45, 7) is 5.81. The van der Waals surface area contributed by atoms with Gasteiger partial charge in [-0.1, -0.05) is 54.1 Å². The third kappa shape index (κ3) is 4.73. The maximum atomic E-state index is 6.28. The third-order valence-electron chi connectivity index (χ3n) is 6.03. The number of aryl methyl sites for hydroxylation is 3. The lowest BCUT2D eigenvalue weighted by Gasteiger charge is -2.13. The first-order valence-electron chi connectivity index (χ1n) is 11.5. The van der Waals surface area contributed by atoms with E-state index in [-0.39, 0.29) is 0 Å². The molecular weight excluding hydrogens is 444 g/mol. The van der Waals surface area contributed by atoms with Crippen molar-refractivity contribution in [3.05, 3.63) is 101 Å². The predicted molar refractivity (Wildman–Crippen MR) is 139 cm³/mol. The molecule has 1 aromatic heterocycles. The van der Waals surface area contributed by atoms with Crippen molar-refractivity contribution in [2.45, 2.75) is 33.4 Å². The Labute approximate surface area is 204 Å². The van der Waals surface area contributed by atoms with Crippen LogP contribution >= 0.6 is 11.6 Å². The van der Waals surface area contributed by atoms with Gasteiger partial charge in [0.05, 0.1) is 17.6 Å². The number of aromatic nitrogens is 2. The van der Waals surface area contributed by atoms with E-state index in [0.717, 1.165) is 57.5 Å². The van der Waals surface area contributed by atoms with Gasteiger partial charge in [-0.2, -0.15) is 0 Å². The molecule has 0 aliphatic rings. The van der Waals surface area contributed by atoms with Gasteiger partial charge in [-0.3, -0.25) is 0 Å². The van der Waals surface area contributed by atoms with Gasteiger partial charge in [-0.15, -0.1) is 0 Å². The first kappa shape index (κ1) is 22.3. The van der Waals surface area contributed by atoms with Crippen LogP contribution in [-0.2, 0) is 13.2 Å². The molecule has 172 valence electrons. The summed E-state index contributed by atoms with van der Waals surface area (Å²) in [7, 11) is 0. The van der Waals surface area contributed by atoms with Crippen LogP contribution in [0.4, 0.5) is 0 Å². The van der Waals surface area contributed by atoms with Gasteiger partial charge < -0.3 is 14.0 Å². The normalized spacial score (nSPS) is 11.3. The zero-order chi connectivity index (χ0) is 23.5. The number of hydrogen-bond donors (Lipinski definition) is 0. The quantitative estimate of drug-likeness (QED) is 0.220. The number of rotatable bonds is 8. The zero-order valence-electron chi connectivity index (χ0n) is 19.4. The maximum absolute atomic E-state index is 6.28. The fourth-order valence-electron chi connectivity index (χ4n) is 4.29. The summed E-state index contributed by atoms with van der Waals surface area (Å²) in [6.07, 6.45) is 0.851. The molecule has 0 fully saturated rings. The van der Waals surface area contributed by atoms with E-state index in [1.807, 2.05) is 62.4 Å². The molecule has 0 bridgehead atoms. The van der Waals surface area contributed by atoms with E-state index in [2.05, 4.69) is 34.9 Å². The monoisotopic (exact) mass is 470 g/mol. The first-order chi connectivity index (χ1) is 16.6. The van der Waals surface area contributed by atoms with E-state index in [4.69, 9.17) is 26.1 Å². The molecule has 0 unspecified atom stereocenters. The van der Waals surface area contributed by atoms with Crippen molar-refractivity contribution in [2.75, 3.05) is 6.61 Å². The predicted octanol–water partition coefficient (Wildman–Crippen LogP) is 7.51. The Morgan fingerprint density at radius 3 is 2.35 bits per heavy atom. The van der Waals surface area contributed by atoms with Crippen molar-refractivity contribution < 1.29 is 9.47 Å². The number of benzene rings is 4. The number of ether oxygens (including phenoxy) is 2. The summed E-state index contributed by atoms with van der Waals surface area (Å²) in [6, 6.07) is 26.7. The average Bonchev–Trinajstić information content (AvgIpc) is 3.21. The van der Waals surface area contributed by atoms with Gasteiger partial charge in [-0.25, -0.2) is 4.98 Å².